The van der Waals surface area contributed by atoms with Crippen LogP contribution in [-0.4, -0.2) is 5.84 Å². The van der Waals surface area contributed by atoms with Crippen molar-refractivity contribution in [3.8, 4) is 0 Å². The van der Waals surface area contributed by atoms with Crippen LogP contribution in [0.15, 0.2) is 29.9 Å². The largest absolute Gasteiger partial charge is 0.387 e. The minimum Gasteiger partial charge on any atom is -0.387 e. The molecule has 0 spiro atoms. The highest BCUT2D eigenvalue weighted by Crippen LogP contribution is 1.94. The second kappa shape index (κ2) is 9.95. The van der Waals surface area contributed by atoms with Crippen LogP contribution in [0.25, 0.3) is 0 Å². The third-order valence-electron chi connectivity index (χ3n) is 1.19. The van der Waals surface area contributed by atoms with E-state index < -0.39 is 0 Å². The van der Waals surface area contributed by atoms with Crippen molar-refractivity contribution in [2.75, 3.05) is 0 Å². The van der Waals surface area contributed by atoms with Crippen molar-refractivity contribution in [2.24, 2.45) is 16.6 Å². The average molecular weight is 170 g/mol. The highest BCUT2D eigenvalue weighted by Gasteiger charge is 1.97. The van der Waals surface area contributed by atoms with Crippen LogP contribution in [0.2, 0.25) is 0 Å². The molecule has 0 fully saturated rings. The zero-order valence-electron chi connectivity index (χ0n) is 8.54. The van der Waals surface area contributed by atoms with Crippen LogP contribution in [-0.2, 0) is 0 Å². The summed E-state index contributed by atoms with van der Waals surface area (Å²) in [5, 5.41) is 0. The molecule has 0 aromatic carbocycles. The van der Waals surface area contributed by atoms with Gasteiger partial charge in [0.15, 0.2) is 0 Å². The molecule has 0 aromatic heterocycles. The average Bonchev–Trinajstić information content (AvgIpc) is 2.16. The summed E-state index contributed by atoms with van der Waals surface area (Å²) in [4.78, 5) is 3.96. The number of hydrogen-bond donors (Lipinski definition) is 1. The molecule has 0 aliphatic rings. The molecule has 2 N–H and O–H groups in total. The van der Waals surface area contributed by atoms with E-state index in [1.807, 2.05) is 33.8 Å². The molecular formula is C10H22N2. The first kappa shape index (κ1) is 13.5. The van der Waals surface area contributed by atoms with Gasteiger partial charge in [-0.1, -0.05) is 32.9 Å². The van der Waals surface area contributed by atoms with E-state index in [1.54, 1.807) is 12.3 Å². The molecule has 0 amide bonds. The molecule has 0 heterocycles. The summed E-state index contributed by atoms with van der Waals surface area (Å²) in [5.41, 5.74) is 5.54. The van der Waals surface area contributed by atoms with Gasteiger partial charge in [-0.3, -0.25) is 0 Å². The van der Waals surface area contributed by atoms with Gasteiger partial charge < -0.3 is 5.73 Å². The Morgan fingerprint density at radius 1 is 1.58 bits per heavy atom. The van der Waals surface area contributed by atoms with Gasteiger partial charge in [-0.25, -0.2) is 4.99 Å². The van der Waals surface area contributed by atoms with Crippen LogP contribution < -0.4 is 5.73 Å². The Hall–Kier alpha value is -1.05. The second-order valence-corrected chi connectivity index (χ2v) is 2.06. The lowest BCUT2D eigenvalue weighted by Crippen LogP contribution is -2.18. The van der Waals surface area contributed by atoms with Gasteiger partial charge in [0.1, 0.15) is 5.84 Å². The lowest BCUT2D eigenvalue weighted by molar-refractivity contribution is 0.983. The molecule has 72 valence electrons. The Morgan fingerprint density at radius 2 is 2.08 bits per heavy atom. The fraction of sp³-hybridized carbons (Fsp3) is 0.500. The van der Waals surface area contributed by atoms with Gasteiger partial charge in [-0.15, -0.1) is 6.58 Å². The standard InChI is InChI=1S/C8H14N2.C2H6.H2/c1-4-6-10-8(9)7(3)5-2;1-2;/h4-7H,2H2,1,3H3,(H2,9,10);1-2H3;1H/b6-4-;;. The Balaban J connectivity index is -0.000000309. The zero-order valence-corrected chi connectivity index (χ0v) is 8.54. The maximum Gasteiger partial charge on any atom is 0.106 e. The predicted molar refractivity (Wildman–Crippen MR) is 59.3 cm³/mol. The molecule has 1 atom stereocenters. The molecular weight excluding hydrogens is 148 g/mol. The van der Waals surface area contributed by atoms with Gasteiger partial charge >= 0.3 is 0 Å². The summed E-state index contributed by atoms with van der Waals surface area (Å²) in [7, 11) is 0. The third-order valence-corrected chi connectivity index (χ3v) is 1.19. The Bertz CT molecular complexity index is 162. The van der Waals surface area contributed by atoms with Gasteiger partial charge in [0.25, 0.3) is 0 Å². The molecule has 12 heavy (non-hydrogen) atoms. The fourth-order valence-electron chi connectivity index (χ4n) is 0.399. The lowest BCUT2D eigenvalue weighted by Gasteiger charge is -2.01. The molecule has 0 saturated carbocycles. The van der Waals surface area contributed by atoms with Crippen LogP contribution >= 0.6 is 0 Å². The van der Waals surface area contributed by atoms with E-state index in [1.165, 1.54) is 0 Å². The van der Waals surface area contributed by atoms with Crippen molar-refractivity contribution < 1.29 is 1.43 Å². The molecule has 0 aromatic rings. The SMILES string of the molecule is C=CC(C)C(N)=N/C=C\C.CC.[HH]. The summed E-state index contributed by atoms with van der Waals surface area (Å²) in [5.74, 6) is 0.768. The number of allylic oxidation sites excluding steroid dienone is 1. The topological polar surface area (TPSA) is 38.4 Å². The summed E-state index contributed by atoms with van der Waals surface area (Å²) < 4.78 is 0. The number of rotatable bonds is 3. The smallest absolute Gasteiger partial charge is 0.106 e. The minimum atomic E-state index is 0. The molecule has 0 radical (unpaired) electrons. The normalized spacial score (nSPS) is 13.5. The van der Waals surface area contributed by atoms with Crippen molar-refractivity contribution in [3.05, 3.63) is 24.9 Å². The van der Waals surface area contributed by atoms with Crippen LogP contribution in [0.1, 0.15) is 29.1 Å². The van der Waals surface area contributed by atoms with Crippen LogP contribution in [0.4, 0.5) is 0 Å². The molecule has 0 bridgehead atoms. The molecule has 0 aliphatic carbocycles. The van der Waals surface area contributed by atoms with Gasteiger partial charge in [0.2, 0.25) is 0 Å². The number of amidine groups is 1. The van der Waals surface area contributed by atoms with E-state index in [-0.39, 0.29) is 7.34 Å². The summed E-state index contributed by atoms with van der Waals surface area (Å²) in [6.45, 7) is 11.5. The van der Waals surface area contributed by atoms with Crippen molar-refractivity contribution in [2.45, 2.75) is 27.7 Å². The number of aliphatic imine (C=N–C) groups is 1. The summed E-state index contributed by atoms with van der Waals surface area (Å²) in [6.07, 6.45) is 5.28. The first-order chi connectivity index (χ1) is 5.72. The Kier molecular flexibility index (Phi) is 11.2. The maximum absolute atomic E-state index is 5.54. The number of nitrogens with zero attached hydrogens (tertiary/aromatic N) is 1. The van der Waals surface area contributed by atoms with Gasteiger partial charge in [0.05, 0.1) is 0 Å². The first-order valence-electron chi connectivity index (χ1n) is 4.29. The molecule has 0 aliphatic heterocycles. The van der Waals surface area contributed by atoms with Gasteiger partial charge in [0, 0.05) is 13.5 Å². The highest BCUT2D eigenvalue weighted by atomic mass is 14.8. The second-order valence-electron chi connectivity index (χ2n) is 2.06. The van der Waals surface area contributed by atoms with E-state index in [9.17, 15) is 0 Å². The van der Waals surface area contributed by atoms with Crippen LogP contribution in [0, 0.1) is 5.92 Å². The Labute approximate surface area is 77.4 Å². The molecule has 0 saturated heterocycles. The summed E-state index contributed by atoms with van der Waals surface area (Å²) in [6, 6.07) is 0. The molecule has 1 unspecified atom stereocenters. The van der Waals surface area contributed by atoms with Gasteiger partial charge in [-0.05, 0) is 6.92 Å². The first-order valence-corrected chi connectivity index (χ1v) is 4.29. The fourth-order valence-corrected chi connectivity index (χ4v) is 0.399. The molecule has 2 nitrogen and oxygen atoms in total. The molecule has 0 rings (SSSR count). The maximum atomic E-state index is 5.54. The van der Waals surface area contributed by atoms with E-state index in [0.29, 0.717) is 5.84 Å². The van der Waals surface area contributed by atoms with E-state index in [0.717, 1.165) is 0 Å². The van der Waals surface area contributed by atoms with E-state index >= 15 is 0 Å². The quantitative estimate of drug-likeness (QED) is 0.395. The third kappa shape index (κ3) is 7.06. The number of nitrogens with two attached hydrogens (primary N) is 1. The van der Waals surface area contributed by atoms with Crippen LogP contribution in [0.5, 0.6) is 0 Å². The van der Waals surface area contributed by atoms with Crippen molar-refractivity contribution in [3.63, 3.8) is 0 Å². The predicted octanol–water partition coefficient (Wildman–Crippen LogP) is 2.97. The molecule has 2 heteroatoms. The zero-order chi connectivity index (χ0) is 9.98. The number of hydrogen-bond acceptors (Lipinski definition) is 1. The van der Waals surface area contributed by atoms with Crippen molar-refractivity contribution >= 4 is 5.84 Å². The van der Waals surface area contributed by atoms with E-state index in [2.05, 4.69) is 11.6 Å². The van der Waals surface area contributed by atoms with Crippen molar-refractivity contribution in [1.82, 2.24) is 0 Å². The lowest BCUT2D eigenvalue weighted by atomic mass is 10.2. The van der Waals surface area contributed by atoms with Gasteiger partial charge in [-0.2, -0.15) is 0 Å². The summed E-state index contributed by atoms with van der Waals surface area (Å²) >= 11 is 0. The monoisotopic (exact) mass is 170 g/mol. The highest BCUT2D eigenvalue weighted by molar-refractivity contribution is 5.84. The van der Waals surface area contributed by atoms with Crippen molar-refractivity contribution in [1.29, 1.82) is 0 Å². The van der Waals surface area contributed by atoms with E-state index in [4.69, 9.17) is 5.73 Å². The van der Waals surface area contributed by atoms with Crippen LogP contribution in [0.3, 0.4) is 0 Å². The Morgan fingerprint density at radius 3 is 2.42 bits per heavy atom. The minimum absolute atomic E-state index is 0.